The Bertz CT molecular complexity index is 79.8. The molecule has 0 radical (unpaired) electrons. The minimum atomic E-state index is -0.812. The van der Waals surface area contributed by atoms with Crippen LogP contribution in [0.15, 0.2) is 0 Å². The molecule has 7 heavy (non-hydrogen) atoms. The standard InChI is InChI=1S/C5H7FO/c1-2-3-4-7-5-6/h2,5H2,1H3. The second-order valence-electron chi connectivity index (χ2n) is 0.886. The molecule has 0 amide bonds. The molecule has 2 heteroatoms. The van der Waals surface area contributed by atoms with E-state index in [2.05, 4.69) is 16.8 Å². The zero-order chi connectivity index (χ0) is 5.54. The van der Waals surface area contributed by atoms with Gasteiger partial charge < -0.3 is 4.74 Å². The maximum atomic E-state index is 11.0. The molecule has 0 N–H and O–H groups in total. The molecule has 0 spiro atoms. The van der Waals surface area contributed by atoms with Crippen LogP contribution in [0.3, 0.4) is 0 Å². The number of hydrogen-bond donors (Lipinski definition) is 0. The summed E-state index contributed by atoms with van der Waals surface area (Å²) in [6, 6.07) is 0. The fraction of sp³-hybridized carbons (Fsp3) is 0.600. The zero-order valence-corrected chi connectivity index (χ0v) is 4.20. The van der Waals surface area contributed by atoms with Gasteiger partial charge in [0.15, 0.2) is 0 Å². The molecule has 0 aliphatic carbocycles. The third kappa shape index (κ3) is 5.29. The number of ether oxygens (including phenoxy) is 1. The first-order chi connectivity index (χ1) is 3.41. The van der Waals surface area contributed by atoms with Crippen molar-refractivity contribution >= 4 is 0 Å². The second kappa shape index (κ2) is 5.29. The molecule has 0 atom stereocenters. The highest BCUT2D eigenvalue weighted by Crippen LogP contribution is 1.70. The van der Waals surface area contributed by atoms with Crippen LogP contribution in [0.25, 0.3) is 0 Å². The van der Waals surface area contributed by atoms with Gasteiger partial charge in [-0.25, -0.2) is 4.39 Å². The Labute approximate surface area is 42.5 Å². The molecular weight excluding hydrogens is 95.1 g/mol. The van der Waals surface area contributed by atoms with Crippen LogP contribution in [-0.4, -0.2) is 6.86 Å². The number of halogens is 1. The molecule has 0 heterocycles. The van der Waals surface area contributed by atoms with Gasteiger partial charge in [0.2, 0.25) is 6.86 Å². The van der Waals surface area contributed by atoms with E-state index in [9.17, 15) is 4.39 Å². The molecule has 0 aromatic heterocycles. The smallest absolute Gasteiger partial charge is 0.238 e. The number of rotatable bonds is 1. The topological polar surface area (TPSA) is 9.23 Å². The predicted molar refractivity (Wildman–Crippen MR) is 25.1 cm³/mol. The third-order valence-corrected chi connectivity index (χ3v) is 0.376. The van der Waals surface area contributed by atoms with Gasteiger partial charge in [0.25, 0.3) is 0 Å². The van der Waals surface area contributed by atoms with Crippen molar-refractivity contribution in [1.29, 1.82) is 0 Å². The maximum Gasteiger partial charge on any atom is 0.238 e. The average molecular weight is 102 g/mol. The van der Waals surface area contributed by atoms with E-state index in [0.29, 0.717) is 6.42 Å². The molecular formula is C5H7FO. The van der Waals surface area contributed by atoms with Gasteiger partial charge >= 0.3 is 0 Å². The van der Waals surface area contributed by atoms with Gasteiger partial charge in [-0.2, -0.15) is 0 Å². The molecule has 0 saturated heterocycles. The van der Waals surface area contributed by atoms with E-state index in [4.69, 9.17) is 0 Å². The average Bonchev–Trinajstić information content (AvgIpc) is 1.69. The summed E-state index contributed by atoms with van der Waals surface area (Å²) in [6.07, 6.45) is 2.87. The zero-order valence-electron chi connectivity index (χ0n) is 4.20. The fourth-order valence-corrected chi connectivity index (χ4v) is 0.150. The lowest BCUT2D eigenvalue weighted by atomic mass is 10.5. The minimum absolute atomic E-state index is 0.708. The molecule has 0 aliphatic heterocycles. The normalized spacial score (nSPS) is 6.57. The lowest BCUT2D eigenvalue weighted by Gasteiger charge is -1.78. The Morgan fingerprint density at radius 1 is 1.71 bits per heavy atom. The number of alkyl halides is 1. The Hall–Kier alpha value is -0.710. The monoisotopic (exact) mass is 102 g/mol. The van der Waals surface area contributed by atoms with Crippen molar-refractivity contribution in [3.63, 3.8) is 0 Å². The summed E-state index contributed by atoms with van der Waals surface area (Å²) < 4.78 is 15.0. The van der Waals surface area contributed by atoms with Gasteiger partial charge in [0.05, 0.1) is 0 Å². The molecule has 0 unspecified atom stereocenters. The van der Waals surface area contributed by atoms with Crippen molar-refractivity contribution in [2.24, 2.45) is 0 Å². The van der Waals surface area contributed by atoms with E-state index in [1.165, 1.54) is 0 Å². The molecule has 0 aromatic rings. The second-order valence-corrected chi connectivity index (χ2v) is 0.886. The van der Waals surface area contributed by atoms with Crippen LogP contribution in [0.2, 0.25) is 0 Å². The Kier molecular flexibility index (Phi) is 4.75. The summed E-state index contributed by atoms with van der Waals surface area (Å²) in [5.41, 5.74) is 0. The van der Waals surface area contributed by atoms with Crippen molar-refractivity contribution in [3.05, 3.63) is 0 Å². The summed E-state index contributed by atoms with van der Waals surface area (Å²) in [6.45, 7) is 1.06. The summed E-state index contributed by atoms with van der Waals surface area (Å²) in [5.74, 6) is 2.54. The van der Waals surface area contributed by atoms with Crippen molar-refractivity contribution < 1.29 is 9.13 Å². The molecule has 0 aliphatic rings. The van der Waals surface area contributed by atoms with Gasteiger partial charge in [-0.15, -0.1) is 0 Å². The first-order valence-corrected chi connectivity index (χ1v) is 2.07. The fourth-order valence-electron chi connectivity index (χ4n) is 0.150. The maximum absolute atomic E-state index is 11.0. The first kappa shape index (κ1) is 6.29. The molecule has 0 bridgehead atoms. The largest absolute Gasteiger partial charge is 0.412 e. The van der Waals surface area contributed by atoms with Crippen molar-refractivity contribution in [2.45, 2.75) is 13.3 Å². The van der Waals surface area contributed by atoms with Crippen LogP contribution < -0.4 is 0 Å². The van der Waals surface area contributed by atoms with Gasteiger partial charge in [0, 0.05) is 6.42 Å². The lowest BCUT2D eigenvalue weighted by Crippen LogP contribution is -1.73. The van der Waals surface area contributed by atoms with E-state index in [-0.39, 0.29) is 0 Å². The van der Waals surface area contributed by atoms with Crippen LogP contribution >= 0.6 is 0 Å². The molecule has 1 nitrogen and oxygen atoms in total. The van der Waals surface area contributed by atoms with E-state index in [1.807, 2.05) is 6.92 Å². The molecule has 40 valence electrons. The summed E-state index contributed by atoms with van der Waals surface area (Å²) in [7, 11) is 0. The highest BCUT2D eigenvalue weighted by molar-refractivity contribution is 4.88. The molecule has 0 aromatic carbocycles. The summed E-state index contributed by atoms with van der Waals surface area (Å²) in [5, 5.41) is 0. The highest BCUT2D eigenvalue weighted by Gasteiger charge is 1.65. The predicted octanol–water partition coefficient (Wildman–Crippen LogP) is 1.30. The van der Waals surface area contributed by atoms with Crippen LogP contribution in [0, 0.1) is 12.0 Å². The van der Waals surface area contributed by atoms with Gasteiger partial charge in [-0.3, -0.25) is 0 Å². The quantitative estimate of drug-likeness (QED) is 0.453. The Morgan fingerprint density at radius 2 is 2.43 bits per heavy atom. The SMILES string of the molecule is CCC#COCF. The van der Waals surface area contributed by atoms with Crippen LogP contribution in [0.4, 0.5) is 4.39 Å². The van der Waals surface area contributed by atoms with E-state index in [1.54, 1.807) is 0 Å². The van der Waals surface area contributed by atoms with Gasteiger partial charge in [-0.1, -0.05) is 12.8 Å². The van der Waals surface area contributed by atoms with E-state index < -0.39 is 6.86 Å². The molecule has 0 saturated carbocycles. The third-order valence-electron chi connectivity index (χ3n) is 0.376. The molecule has 0 rings (SSSR count). The lowest BCUT2D eigenvalue weighted by molar-refractivity contribution is 0.160. The van der Waals surface area contributed by atoms with Gasteiger partial charge in [-0.05, 0) is 0 Å². The first-order valence-electron chi connectivity index (χ1n) is 2.07. The molecule has 0 fully saturated rings. The van der Waals surface area contributed by atoms with Crippen molar-refractivity contribution in [3.8, 4) is 12.0 Å². The summed E-state index contributed by atoms with van der Waals surface area (Å²) >= 11 is 0. The van der Waals surface area contributed by atoms with Crippen LogP contribution in [0.1, 0.15) is 13.3 Å². The number of hydrogen-bond acceptors (Lipinski definition) is 1. The van der Waals surface area contributed by atoms with Crippen molar-refractivity contribution in [2.75, 3.05) is 6.86 Å². The Morgan fingerprint density at radius 3 is 2.86 bits per heavy atom. The minimum Gasteiger partial charge on any atom is -0.412 e. The van der Waals surface area contributed by atoms with Crippen LogP contribution in [-0.2, 0) is 4.74 Å². The van der Waals surface area contributed by atoms with Crippen LogP contribution in [0.5, 0.6) is 0 Å². The van der Waals surface area contributed by atoms with E-state index in [0.717, 1.165) is 0 Å². The summed E-state index contributed by atoms with van der Waals surface area (Å²) in [4.78, 5) is 0. The highest BCUT2D eigenvalue weighted by atomic mass is 19.1. The van der Waals surface area contributed by atoms with E-state index >= 15 is 0 Å². The van der Waals surface area contributed by atoms with Crippen molar-refractivity contribution in [1.82, 2.24) is 0 Å². The Balaban J connectivity index is 2.91. The van der Waals surface area contributed by atoms with Gasteiger partial charge in [0.1, 0.15) is 6.11 Å².